The van der Waals surface area contributed by atoms with Crippen LogP contribution >= 0.6 is 15.9 Å². The van der Waals surface area contributed by atoms with E-state index in [4.69, 9.17) is 0 Å². The molecule has 20 heavy (non-hydrogen) atoms. The van der Waals surface area contributed by atoms with Gasteiger partial charge in [-0.05, 0) is 64.0 Å². The van der Waals surface area contributed by atoms with Gasteiger partial charge in [0.1, 0.15) is 17.7 Å². The molecule has 0 saturated heterocycles. The van der Waals surface area contributed by atoms with E-state index >= 15 is 0 Å². The quantitative estimate of drug-likeness (QED) is 0.809. The predicted molar refractivity (Wildman–Crippen MR) is 76.6 cm³/mol. The molecule has 0 aliphatic heterocycles. The average Bonchev–Trinajstić information content (AvgIpc) is 2.89. The first-order valence-corrected chi connectivity index (χ1v) is 7.30. The molecule has 0 amide bonds. The molecule has 0 saturated carbocycles. The highest BCUT2D eigenvalue weighted by atomic mass is 79.9. The zero-order chi connectivity index (χ0) is 14.3. The third kappa shape index (κ3) is 2.38. The van der Waals surface area contributed by atoms with E-state index in [1.54, 1.807) is 6.07 Å². The average molecular weight is 339 g/mol. The van der Waals surface area contributed by atoms with Crippen molar-refractivity contribution in [1.82, 2.24) is 0 Å². The highest BCUT2D eigenvalue weighted by Crippen LogP contribution is 2.31. The van der Waals surface area contributed by atoms with Crippen molar-refractivity contribution >= 4 is 15.9 Å². The van der Waals surface area contributed by atoms with E-state index in [0.29, 0.717) is 5.56 Å². The Hall–Kier alpha value is -1.26. The van der Waals surface area contributed by atoms with E-state index < -0.39 is 17.7 Å². The number of halogens is 3. The molecule has 1 N–H and O–H groups in total. The molecule has 2 aromatic carbocycles. The number of hydrogen-bond acceptors (Lipinski definition) is 1. The summed E-state index contributed by atoms with van der Waals surface area (Å²) in [6, 6.07) is 7.73. The Kier molecular flexibility index (Phi) is 3.61. The van der Waals surface area contributed by atoms with Crippen LogP contribution in [0.25, 0.3) is 0 Å². The number of fused-ring (bicyclic) bond motifs is 1. The smallest absolute Gasteiger partial charge is 0.137 e. The minimum atomic E-state index is -1.15. The molecule has 4 heteroatoms. The lowest BCUT2D eigenvalue weighted by Crippen LogP contribution is -2.04. The molecule has 3 rings (SSSR count). The fourth-order valence-corrected chi connectivity index (χ4v) is 3.00. The largest absolute Gasteiger partial charge is 0.384 e. The SMILES string of the molecule is OC(c1ccc2c(c1)CCC2)c1cc(F)c(Br)cc1F. The number of hydrogen-bond donors (Lipinski definition) is 1. The molecule has 104 valence electrons. The highest BCUT2D eigenvalue weighted by molar-refractivity contribution is 9.10. The van der Waals surface area contributed by atoms with Gasteiger partial charge in [0.05, 0.1) is 4.47 Å². The van der Waals surface area contributed by atoms with Gasteiger partial charge in [0.25, 0.3) is 0 Å². The van der Waals surface area contributed by atoms with Gasteiger partial charge in [-0.3, -0.25) is 0 Å². The van der Waals surface area contributed by atoms with Crippen LogP contribution < -0.4 is 0 Å². The number of benzene rings is 2. The van der Waals surface area contributed by atoms with Crippen molar-refractivity contribution < 1.29 is 13.9 Å². The molecule has 1 aliphatic rings. The molecular formula is C16H13BrF2O. The van der Waals surface area contributed by atoms with Crippen molar-refractivity contribution in [3.63, 3.8) is 0 Å². The summed E-state index contributed by atoms with van der Waals surface area (Å²) in [4.78, 5) is 0. The normalized spacial score (nSPS) is 15.2. The zero-order valence-electron chi connectivity index (χ0n) is 10.7. The van der Waals surface area contributed by atoms with Gasteiger partial charge in [-0.2, -0.15) is 0 Å². The van der Waals surface area contributed by atoms with Crippen LogP contribution in [0.3, 0.4) is 0 Å². The Balaban J connectivity index is 2.00. The summed E-state index contributed by atoms with van der Waals surface area (Å²) < 4.78 is 27.5. The van der Waals surface area contributed by atoms with Crippen LogP contribution in [0.5, 0.6) is 0 Å². The number of aliphatic hydroxyl groups is 1. The van der Waals surface area contributed by atoms with Crippen LogP contribution in [0.4, 0.5) is 8.78 Å². The Morgan fingerprint density at radius 2 is 1.75 bits per heavy atom. The topological polar surface area (TPSA) is 20.2 Å². The Bertz CT molecular complexity index is 670. The second-order valence-electron chi connectivity index (χ2n) is 5.07. The van der Waals surface area contributed by atoms with Gasteiger partial charge in [0, 0.05) is 5.56 Å². The summed E-state index contributed by atoms with van der Waals surface area (Å²) in [5, 5.41) is 10.3. The van der Waals surface area contributed by atoms with Crippen LogP contribution in [0.15, 0.2) is 34.8 Å². The molecular weight excluding hydrogens is 326 g/mol. The van der Waals surface area contributed by atoms with Crippen molar-refractivity contribution in [3.05, 3.63) is 68.7 Å². The molecule has 0 fully saturated rings. The van der Waals surface area contributed by atoms with Crippen LogP contribution in [-0.2, 0) is 12.8 Å². The molecule has 0 spiro atoms. The van der Waals surface area contributed by atoms with Gasteiger partial charge in [-0.1, -0.05) is 18.2 Å². The van der Waals surface area contributed by atoms with Gasteiger partial charge in [0.15, 0.2) is 0 Å². The maximum Gasteiger partial charge on any atom is 0.137 e. The van der Waals surface area contributed by atoms with Crippen LogP contribution in [-0.4, -0.2) is 5.11 Å². The maximum absolute atomic E-state index is 13.9. The molecule has 1 unspecified atom stereocenters. The predicted octanol–water partition coefficient (Wildman–Crippen LogP) is 4.30. The van der Waals surface area contributed by atoms with Gasteiger partial charge in [-0.25, -0.2) is 8.78 Å². The first kappa shape index (κ1) is 13.7. The maximum atomic E-state index is 13.9. The number of rotatable bonds is 2. The standard InChI is InChI=1S/C16H13BrF2O/c17-13-8-14(18)12(7-15(13)19)16(20)11-5-4-9-2-1-3-10(9)6-11/h4-8,16,20H,1-3H2. The molecule has 0 bridgehead atoms. The summed E-state index contributed by atoms with van der Waals surface area (Å²) in [5.41, 5.74) is 3.04. The van der Waals surface area contributed by atoms with E-state index in [0.717, 1.165) is 31.4 Å². The van der Waals surface area contributed by atoms with Crippen molar-refractivity contribution in [1.29, 1.82) is 0 Å². The van der Waals surface area contributed by atoms with Crippen molar-refractivity contribution in [2.24, 2.45) is 0 Å². The number of aliphatic hydroxyl groups excluding tert-OH is 1. The monoisotopic (exact) mass is 338 g/mol. The third-order valence-corrected chi connectivity index (χ3v) is 4.38. The van der Waals surface area contributed by atoms with Gasteiger partial charge in [-0.15, -0.1) is 0 Å². The van der Waals surface area contributed by atoms with Crippen LogP contribution in [0.1, 0.15) is 34.8 Å². The Morgan fingerprint density at radius 1 is 1.00 bits per heavy atom. The lowest BCUT2D eigenvalue weighted by Gasteiger charge is -2.14. The van der Waals surface area contributed by atoms with Crippen molar-refractivity contribution in [3.8, 4) is 0 Å². The molecule has 2 aromatic rings. The van der Waals surface area contributed by atoms with E-state index in [1.165, 1.54) is 11.1 Å². The first-order chi connectivity index (χ1) is 9.56. The summed E-state index contributed by atoms with van der Waals surface area (Å²) in [7, 11) is 0. The van der Waals surface area contributed by atoms with Gasteiger partial charge in [0.2, 0.25) is 0 Å². The summed E-state index contributed by atoms with van der Waals surface area (Å²) in [6.45, 7) is 0. The second kappa shape index (κ2) is 5.26. The third-order valence-electron chi connectivity index (χ3n) is 3.77. The first-order valence-electron chi connectivity index (χ1n) is 6.50. The molecule has 0 heterocycles. The Labute approximate surface area is 124 Å². The minimum absolute atomic E-state index is 0.0383. The summed E-state index contributed by atoms with van der Waals surface area (Å²) in [5.74, 6) is -1.20. The van der Waals surface area contributed by atoms with Crippen LogP contribution in [0, 0.1) is 11.6 Å². The van der Waals surface area contributed by atoms with E-state index in [9.17, 15) is 13.9 Å². The summed E-state index contributed by atoms with van der Waals surface area (Å²) in [6.07, 6.45) is 1.99. The molecule has 1 aliphatic carbocycles. The second-order valence-corrected chi connectivity index (χ2v) is 5.93. The van der Waals surface area contributed by atoms with Crippen molar-refractivity contribution in [2.45, 2.75) is 25.4 Å². The highest BCUT2D eigenvalue weighted by Gasteiger charge is 2.20. The van der Waals surface area contributed by atoms with Gasteiger partial charge >= 0.3 is 0 Å². The molecule has 1 atom stereocenters. The summed E-state index contributed by atoms with van der Waals surface area (Å²) >= 11 is 2.93. The molecule has 0 aromatic heterocycles. The number of aryl methyl sites for hydroxylation is 2. The Morgan fingerprint density at radius 3 is 2.55 bits per heavy atom. The lowest BCUT2D eigenvalue weighted by atomic mass is 9.97. The molecule has 0 radical (unpaired) electrons. The van der Waals surface area contributed by atoms with Crippen LogP contribution in [0.2, 0.25) is 0 Å². The van der Waals surface area contributed by atoms with Gasteiger partial charge < -0.3 is 5.11 Å². The fraction of sp³-hybridized carbons (Fsp3) is 0.250. The van der Waals surface area contributed by atoms with E-state index in [2.05, 4.69) is 15.9 Å². The van der Waals surface area contributed by atoms with E-state index in [-0.39, 0.29) is 10.0 Å². The fourth-order valence-electron chi connectivity index (χ4n) is 2.69. The van der Waals surface area contributed by atoms with Crippen molar-refractivity contribution in [2.75, 3.05) is 0 Å². The van der Waals surface area contributed by atoms with E-state index in [1.807, 2.05) is 12.1 Å². The lowest BCUT2D eigenvalue weighted by molar-refractivity contribution is 0.214. The molecule has 1 nitrogen and oxygen atoms in total. The zero-order valence-corrected chi connectivity index (χ0v) is 12.3. The minimum Gasteiger partial charge on any atom is -0.384 e.